The van der Waals surface area contributed by atoms with Crippen LogP contribution in [0, 0.1) is 11.6 Å². The van der Waals surface area contributed by atoms with Gasteiger partial charge in [-0.2, -0.15) is 0 Å². The third-order valence-corrected chi connectivity index (χ3v) is 3.42. The second kappa shape index (κ2) is 8.42. The average molecular weight is 363 g/mol. The molecule has 0 aromatic heterocycles. The molecule has 0 bridgehead atoms. The molecule has 1 N–H and O–H groups in total. The van der Waals surface area contributed by atoms with Gasteiger partial charge in [-0.1, -0.05) is 12.1 Å². The van der Waals surface area contributed by atoms with Gasteiger partial charge in [0.2, 0.25) is 0 Å². The van der Waals surface area contributed by atoms with Crippen molar-refractivity contribution < 1.29 is 27.8 Å². The van der Waals surface area contributed by atoms with E-state index in [9.17, 15) is 18.4 Å². The van der Waals surface area contributed by atoms with Gasteiger partial charge in [0.15, 0.2) is 12.2 Å². The van der Waals surface area contributed by atoms with E-state index in [0.717, 1.165) is 0 Å². The molecular formula is C19H19F2NO4. The minimum atomic E-state index is -1.35. The zero-order valence-corrected chi connectivity index (χ0v) is 14.4. The smallest absolute Gasteiger partial charge is 0.350 e. The molecule has 1 amide bonds. The van der Waals surface area contributed by atoms with Gasteiger partial charge < -0.3 is 14.8 Å². The van der Waals surface area contributed by atoms with Gasteiger partial charge >= 0.3 is 5.97 Å². The maximum atomic E-state index is 12.9. The van der Waals surface area contributed by atoms with Crippen LogP contribution in [-0.2, 0) is 20.9 Å². The maximum Gasteiger partial charge on any atom is 0.350 e. The number of esters is 1. The van der Waals surface area contributed by atoms with Crippen LogP contribution >= 0.6 is 0 Å². The molecule has 138 valence electrons. The largest absolute Gasteiger partial charge is 0.476 e. The standard InChI is InChI=1S/C19H19F2NO4/c1-19(2,26-16-9-7-15(21)8-10-16)18(24)25-12-17(23)22-11-13-3-5-14(20)6-4-13/h3-10H,11-12H2,1-2H3,(H,22,23). The predicted octanol–water partition coefficient (Wildman–Crippen LogP) is 2.98. The molecule has 2 aromatic rings. The quantitative estimate of drug-likeness (QED) is 0.768. The second-order valence-corrected chi connectivity index (χ2v) is 6.05. The fourth-order valence-electron chi connectivity index (χ4n) is 2.00. The fraction of sp³-hybridized carbons (Fsp3) is 0.263. The number of benzene rings is 2. The van der Waals surface area contributed by atoms with Crippen LogP contribution in [0.4, 0.5) is 8.78 Å². The van der Waals surface area contributed by atoms with Gasteiger partial charge in [0.25, 0.3) is 5.91 Å². The van der Waals surface area contributed by atoms with E-state index in [4.69, 9.17) is 9.47 Å². The highest BCUT2D eigenvalue weighted by Crippen LogP contribution is 2.19. The number of rotatable bonds is 7. The van der Waals surface area contributed by atoms with E-state index in [0.29, 0.717) is 11.3 Å². The van der Waals surface area contributed by atoms with Gasteiger partial charge in [-0.05, 0) is 55.8 Å². The molecule has 0 aliphatic carbocycles. The molecule has 7 heteroatoms. The Labute approximate surface area is 149 Å². The number of hydrogen-bond acceptors (Lipinski definition) is 4. The van der Waals surface area contributed by atoms with Gasteiger partial charge in [0.05, 0.1) is 0 Å². The average Bonchev–Trinajstić information content (AvgIpc) is 2.61. The minimum Gasteiger partial charge on any atom is -0.476 e. The predicted molar refractivity (Wildman–Crippen MR) is 90.3 cm³/mol. The summed E-state index contributed by atoms with van der Waals surface area (Å²) in [6, 6.07) is 10.9. The lowest BCUT2D eigenvalue weighted by atomic mass is 10.1. The Morgan fingerprint density at radius 3 is 2.08 bits per heavy atom. The van der Waals surface area contributed by atoms with E-state index in [2.05, 4.69) is 5.32 Å². The summed E-state index contributed by atoms with van der Waals surface area (Å²) in [6.07, 6.45) is 0. The van der Waals surface area contributed by atoms with Gasteiger partial charge in [-0.3, -0.25) is 4.79 Å². The van der Waals surface area contributed by atoms with E-state index in [1.165, 1.54) is 50.2 Å². The van der Waals surface area contributed by atoms with Crippen LogP contribution in [0.25, 0.3) is 0 Å². The molecule has 2 rings (SSSR count). The molecule has 0 unspecified atom stereocenters. The Balaban J connectivity index is 1.79. The first kappa shape index (κ1) is 19.4. The molecule has 0 fully saturated rings. The summed E-state index contributed by atoms with van der Waals surface area (Å²) in [4.78, 5) is 23.9. The van der Waals surface area contributed by atoms with Gasteiger partial charge in [-0.15, -0.1) is 0 Å². The van der Waals surface area contributed by atoms with Crippen LogP contribution in [0.5, 0.6) is 5.75 Å². The third kappa shape index (κ3) is 5.84. The minimum absolute atomic E-state index is 0.187. The molecule has 5 nitrogen and oxygen atoms in total. The summed E-state index contributed by atoms with van der Waals surface area (Å²) >= 11 is 0. The molecule has 0 aliphatic heterocycles. The number of ether oxygens (including phenoxy) is 2. The molecule has 0 saturated heterocycles. The number of carbonyl (C=O) groups excluding carboxylic acids is 2. The van der Waals surface area contributed by atoms with Crippen molar-refractivity contribution in [3.05, 3.63) is 65.7 Å². The summed E-state index contributed by atoms with van der Waals surface area (Å²) in [5.41, 5.74) is -0.638. The first-order chi connectivity index (χ1) is 12.3. The number of carbonyl (C=O) groups is 2. The van der Waals surface area contributed by atoms with Crippen LogP contribution in [-0.4, -0.2) is 24.1 Å². The first-order valence-electron chi connectivity index (χ1n) is 7.89. The summed E-state index contributed by atoms with van der Waals surface area (Å²) < 4.78 is 36.1. The SMILES string of the molecule is CC(C)(Oc1ccc(F)cc1)C(=O)OCC(=O)NCc1ccc(F)cc1. The highest BCUT2D eigenvalue weighted by atomic mass is 19.1. The van der Waals surface area contributed by atoms with Crippen molar-refractivity contribution in [3.8, 4) is 5.75 Å². The first-order valence-corrected chi connectivity index (χ1v) is 7.89. The Bertz CT molecular complexity index is 758. The van der Waals surface area contributed by atoms with Crippen LogP contribution in [0.1, 0.15) is 19.4 Å². The Hall–Kier alpha value is -2.96. The highest BCUT2D eigenvalue weighted by molar-refractivity contribution is 5.83. The van der Waals surface area contributed by atoms with Crippen molar-refractivity contribution in [2.75, 3.05) is 6.61 Å². The van der Waals surface area contributed by atoms with Crippen LogP contribution < -0.4 is 10.1 Å². The zero-order valence-electron chi connectivity index (χ0n) is 14.4. The van der Waals surface area contributed by atoms with Crippen LogP contribution in [0.3, 0.4) is 0 Å². The van der Waals surface area contributed by atoms with E-state index in [1.807, 2.05) is 0 Å². The third-order valence-electron chi connectivity index (χ3n) is 3.42. The Morgan fingerprint density at radius 2 is 1.50 bits per heavy atom. The lowest BCUT2D eigenvalue weighted by molar-refractivity contribution is -0.162. The monoisotopic (exact) mass is 363 g/mol. The van der Waals surface area contributed by atoms with Crippen molar-refractivity contribution in [3.63, 3.8) is 0 Å². The van der Waals surface area contributed by atoms with E-state index >= 15 is 0 Å². The molecule has 0 radical (unpaired) electrons. The Morgan fingerprint density at radius 1 is 0.962 bits per heavy atom. The lowest BCUT2D eigenvalue weighted by Crippen LogP contribution is -2.41. The van der Waals surface area contributed by atoms with E-state index < -0.39 is 29.9 Å². The molecule has 26 heavy (non-hydrogen) atoms. The molecule has 0 aliphatic rings. The molecule has 0 atom stereocenters. The number of hydrogen-bond donors (Lipinski definition) is 1. The van der Waals surface area contributed by atoms with Crippen LogP contribution in [0.15, 0.2) is 48.5 Å². The molecule has 0 spiro atoms. The topological polar surface area (TPSA) is 64.6 Å². The van der Waals surface area contributed by atoms with Gasteiger partial charge in [-0.25, -0.2) is 13.6 Å². The van der Waals surface area contributed by atoms with E-state index in [1.54, 1.807) is 12.1 Å². The molecule has 2 aromatic carbocycles. The fourth-order valence-corrected chi connectivity index (χ4v) is 2.00. The zero-order chi connectivity index (χ0) is 19.2. The summed E-state index contributed by atoms with van der Waals surface area (Å²) in [5, 5.41) is 2.56. The highest BCUT2D eigenvalue weighted by Gasteiger charge is 2.32. The Kier molecular flexibility index (Phi) is 6.27. The van der Waals surface area contributed by atoms with Crippen molar-refractivity contribution in [1.82, 2.24) is 5.32 Å². The second-order valence-electron chi connectivity index (χ2n) is 6.05. The molecule has 0 saturated carbocycles. The molecule has 0 heterocycles. The van der Waals surface area contributed by atoms with Crippen LogP contribution in [0.2, 0.25) is 0 Å². The van der Waals surface area contributed by atoms with Gasteiger partial charge in [0.1, 0.15) is 17.4 Å². The van der Waals surface area contributed by atoms with E-state index in [-0.39, 0.29) is 12.4 Å². The van der Waals surface area contributed by atoms with Crippen molar-refractivity contribution in [2.24, 2.45) is 0 Å². The summed E-state index contributed by atoms with van der Waals surface area (Å²) in [6.45, 7) is 2.67. The van der Waals surface area contributed by atoms with Crippen molar-refractivity contribution in [1.29, 1.82) is 0 Å². The summed E-state index contributed by atoms with van der Waals surface area (Å²) in [7, 11) is 0. The summed E-state index contributed by atoms with van der Waals surface area (Å²) in [5.74, 6) is -1.72. The maximum absolute atomic E-state index is 12.9. The number of halogens is 2. The number of amides is 1. The number of nitrogens with one attached hydrogen (secondary N) is 1. The van der Waals surface area contributed by atoms with Gasteiger partial charge in [0, 0.05) is 6.54 Å². The van der Waals surface area contributed by atoms with Crippen molar-refractivity contribution >= 4 is 11.9 Å². The lowest BCUT2D eigenvalue weighted by Gasteiger charge is -2.24. The van der Waals surface area contributed by atoms with Crippen molar-refractivity contribution in [2.45, 2.75) is 26.0 Å². The normalized spacial score (nSPS) is 10.9. The molecular weight excluding hydrogens is 344 g/mol.